The van der Waals surface area contributed by atoms with Gasteiger partial charge in [0, 0.05) is 0 Å². The van der Waals surface area contributed by atoms with Crippen LogP contribution in [0.1, 0.15) is 0 Å². The number of anilines is 2. The number of carbonyl (C=O) groups is 1. The fourth-order valence-electron chi connectivity index (χ4n) is 2.22. The third kappa shape index (κ3) is 3.56. The highest BCUT2D eigenvalue weighted by Crippen LogP contribution is 2.27. The van der Waals surface area contributed by atoms with Crippen molar-refractivity contribution < 1.29 is 4.79 Å². The number of nitrogens with one attached hydrogen (secondary N) is 2. The van der Waals surface area contributed by atoms with E-state index in [1.807, 2.05) is 0 Å². The topological polar surface area (TPSA) is 115 Å². The average Bonchev–Trinajstić information content (AvgIpc) is 3.27. The van der Waals surface area contributed by atoms with Crippen molar-refractivity contribution in [3.8, 4) is 5.82 Å². The molecule has 0 fully saturated rings. The number of hydrogen-bond acceptors (Lipinski definition) is 6. The Morgan fingerprint density at radius 3 is 2.63 bits per heavy atom. The molecule has 0 saturated carbocycles. The number of rotatable bonds is 3. The lowest BCUT2D eigenvalue weighted by Crippen LogP contribution is -2.20. The van der Waals surface area contributed by atoms with Crippen molar-refractivity contribution in [2.75, 3.05) is 10.6 Å². The molecule has 0 saturated heterocycles. The van der Waals surface area contributed by atoms with Gasteiger partial charge in [0.1, 0.15) is 5.15 Å². The predicted octanol–water partition coefficient (Wildman–Crippen LogP) is 3.42. The standard InChI is InChI=1S/C14H8BrCl2N9O/c15-11-9(5-21-25-6-10(17)24-13(11)25)23-14(27)22-7-3-8(16)12(18-4-7)26-19-1-2-20-26/h1-6H,(H2,22,23,27). The van der Waals surface area contributed by atoms with Crippen molar-refractivity contribution in [2.45, 2.75) is 0 Å². The molecule has 10 nitrogen and oxygen atoms in total. The maximum Gasteiger partial charge on any atom is 0.323 e. The molecule has 0 aliphatic rings. The molecule has 2 N–H and O–H groups in total. The molecule has 0 spiro atoms. The van der Waals surface area contributed by atoms with Crippen molar-refractivity contribution in [3.05, 3.63) is 51.7 Å². The number of imidazole rings is 1. The number of amides is 2. The molecule has 2 amide bonds. The summed E-state index contributed by atoms with van der Waals surface area (Å²) in [4.78, 5) is 21.8. The van der Waals surface area contributed by atoms with E-state index in [1.165, 1.54) is 40.2 Å². The summed E-state index contributed by atoms with van der Waals surface area (Å²) in [7, 11) is 0. The van der Waals surface area contributed by atoms with Crippen LogP contribution >= 0.6 is 39.1 Å². The van der Waals surface area contributed by atoms with Crippen LogP contribution in [0.3, 0.4) is 0 Å². The molecule has 4 rings (SSSR count). The van der Waals surface area contributed by atoms with Gasteiger partial charge in [-0.05, 0) is 22.0 Å². The molecule has 4 aromatic heterocycles. The maximum absolute atomic E-state index is 12.3. The van der Waals surface area contributed by atoms with Gasteiger partial charge in [-0.3, -0.25) is 0 Å². The van der Waals surface area contributed by atoms with E-state index in [0.29, 0.717) is 27.3 Å². The first kappa shape index (κ1) is 17.6. The summed E-state index contributed by atoms with van der Waals surface area (Å²) in [5.74, 6) is 0.348. The summed E-state index contributed by atoms with van der Waals surface area (Å²) in [5, 5.41) is 17.9. The second-order valence-electron chi connectivity index (χ2n) is 5.13. The van der Waals surface area contributed by atoms with E-state index in [-0.39, 0.29) is 10.2 Å². The minimum absolute atomic E-state index is 0.278. The molecule has 13 heteroatoms. The van der Waals surface area contributed by atoms with E-state index in [2.05, 4.69) is 51.8 Å². The molecule has 0 unspecified atom stereocenters. The van der Waals surface area contributed by atoms with Gasteiger partial charge in [0.2, 0.25) is 0 Å². The lowest BCUT2D eigenvalue weighted by molar-refractivity contribution is 0.262. The van der Waals surface area contributed by atoms with Crippen LogP contribution in [0.4, 0.5) is 16.2 Å². The Morgan fingerprint density at radius 2 is 1.89 bits per heavy atom. The molecule has 4 heterocycles. The Labute approximate surface area is 169 Å². The van der Waals surface area contributed by atoms with Gasteiger partial charge < -0.3 is 10.6 Å². The smallest absolute Gasteiger partial charge is 0.306 e. The van der Waals surface area contributed by atoms with Crippen molar-refractivity contribution in [1.82, 2.24) is 34.6 Å². The first-order valence-electron chi connectivity index (χ1n) is 7.31. The zero-order valence-electron chi connectivity index (χ0n) is 13.1. The Bertz CT molecular complexity index is 1150. The van der Waals surface area contributed by atoms with Crippen molar-refractivity contribution in [3.63, 3.8) is 0 Å². The minimum atomic E-state index is -0.512. The van der Waals surface area contributed by atoms with E-state index in [4.69, 9.17) is 23.2 Å². The van der Waals surface area contributed by atoms with Gasteiger partial charge in [-0.2, -0.15) is 15.3 Å². The highest BCUT2D eigenvalue weighted by Gasteiger charge is 2.13. The van der Waals surface area contributed by atoms with Gasteiger partial charge >= 0.3 is 6.03 Å². The fourth-order valence-corrected chi connectivity index (χ4v) is 3.11. The largest absolute Gasteiger partial charge is 0.323 e. The number of carbonyl (C=O) groups excluding carboxylic acids is 1. The van der Waals surface area contributed by atoms with E-state index in [1.54, 1.807) is 6.20 Å². The minimum Gasteiger partial charge on any atom is -0.306 e. The molecule has 136 valence electrons. The Hall–Kier alpha value is -2.76. The zero-order chi connectivity index (χ0) is 19.0. The van der Waals surface area contributed by atoms with Crippen LogP contribution in [0, 0.1) is 0 Å². The quantitative estimate of drug-likeness (QED) is 0.476. The van der Waals surface area contributed by atoms with Crippen LogP contribution in [0.5, 0.6) is 0 Å². The molecular formula is C14H8BrCl2N9O. The molecule has 0 aliphatic carbocycles. The SMILES string of the molecule is O=C(Nc1cnc(-n2nccn2)c(Cl)c1)Nc1cnn2cc(Cl)nc2c1Br. The summed E-state index contributed by atoms with van der Waals surface area (Å²) >= 11 is 15.4. The number of pyridine rings is 1. The van der Waals surface area contributed by atoms with Crippen molar-refractivity contribution >= 4 is 62.2 Å². The summed E-state index contributed by atoms with van der Waals surface area (Å²) in [6.07, 6.45) is 7.47. The Balaban J connectivity index is 1.51. The average molecular weight is 469 g/mol. The van der Waals surface area contributed by atoms with Crippen LogP contribution in [0.2, 0.25) is 10.2 Å². The third-order valence-electron chi connectivity index (χ3n) is 3.34. The maximum atomic E-state index is 12.3. The number of hydrogen-bond donors (Lipinski definition) is 2. The lowest BCUT2D eigenvalue weighted by atomic mass is 10.4. The second-order valence-corrected chi connectivity index (χ2v) is 6.72. The fraction of sp³-hybridized carbons (Fsp3) is 0. The summed E-state index contributed by atoms with van der Waals surface area (Å²) in [6, 6.07) is 1.03. The molecule has 0 radical (unpaired) electrons. The lowest BCUT2D eigenvalue weighted by Gasteiger charge is -2.10. The number of aromatic nitrogens is 7. The van der Waals surface area contributed by atoms with Crippen LogP contribution in [-0.4, -0.2) is 40.6 Å². The van der Waals surface area contributed by atoms with Gasteiger partial charge in [0.15, 0.2) is 11.5 Å². The Morgan fingerprint density at radius 1 is 1.11 bits per heavy atom. The molecule has 4 aromatic rings. The first-order chi connectivity index (χ1) is 13.0. The van der Waals surface area contributed by atoms with E-state index in [9.17, 15) is 4.79 Å². The predicted molar refractivity (Wildman–Crippen MR) is 103 cm³/mol. The second kappa shape index (κ2) is 7.10. The monoisotopic (exact) mass is 467 g/mol. The Kier molecular flexibility index (Phi) is 4.64. The number of halogens is 3. The molecular weight excluding hydrogens is 461 g/mol. The van der Waals surface area contributed by atoms with Crippen LogP contribution in [0.25, 0.3) is 11.5 Å². The van der Waals surface area contributed by atoms with E-state index in [0.717, 1.165) is 0 Å². The number of fused-ring (bicyclic) bond motifs is 1. The highest BCUT2D eigenvalue weighted by atomic mass is 79.9. The highest BCUT2D eigenvalue weighted by molar-refractivity contribution is 9.10. The molecule has 0 atom stereocenters. The van der Waals surface area contributed by atoms with Crippen LogP contribution < -0.4 is 10.6 Å². The molecule has 0 aromatic carbocycles. The summed E-state index contributed by atoms with van der Waals surface area (Å²) < 4.78 is 2.03. The van der Waals surface area contributed by atoms with Gasteiger partial charge in [0.25, 0.3) is 0 Å². The van der Waals surface area contributed by atoms with Crippen molar-refractivity contribution in [1.29, 1.82) is 0 Å². The normalized spacial score (nSPS) is 10.9. The van der Waals surface area contributed by atoms with Gasteiger partial charge in [-0.15, -0.1) is 4.80 Å². The number of nitrogens with zero attached hydrogens (tertiary/aromatic N) is 7. The summed E-state index contributed by atoms with van der Waals surface area (Å²) in [6.45, 7) is 0. The molecule has 0 aliphatic heterocycles. The molecule has 0 bridgehead atoms. The number of urea groups is 1. The van der Waals surface area contributed by atoms with Gasteiger partial charge in [-0.25, -0.2) is 19.3 Å². The van der Waals surface area contributed by atoms with Gasteiger partial charge in [0.05, 0.1) is 51.9 Å². The third-order valence-corrected chi connectivity index (χ3v) is 4.58. The van der Waals surface area contributed by atoms with Crippen LogP contribution in [-0.2, 0) is 0 Å². The molecule has 27 heavy (non-hydrogen) atoms. The van der Waals surface area contributed by atoms with E-state index < -0.39 is 6.03 Å². The zero-order valence-corrected chi connectivity index (χ0v) is 16.2. The van der Waals surface area contributed by atoms with Crippen LogP contribution in [0.15, 0.2) is 41.5 Å². The first-order valence-corrected chi connectivity index (χ1v) is 8.86. The van der Waals surface area contributed by atoms with E-state index >= 15 is 0 Å². The van der Waals surface area contributed by atoms with Gasteiger partial charge in [-0.1, -0.05) is 23.2 Å². The summed E-state index contributed by atoms with van der Waals surface area (Å²) in [5.41, 5.74) is 1.28. The van der Waals surface area contributed by atoms with Crippen molar-refractivity contribution in [2.24, 2.45) is 0 Å².